The van der Waals surface area contributed by atoms with Crippen molar-refractivity contribution in [2.45, 2.75) is 31.8 Å². The van der Waals surface area contributed by atoms with Crippen molar-refractivity contribution in [3.05, 3.63) is 28.4 Å². The molecule has 2 fully saturated rings. The highest BCUT2D eigenvalue weighted by Crippen LogP contribution is 2.22. The zero-order valence-corrected chi connectivity index (χ0v) is 14.8. The van der Waals surface area contributed by atoms with E-state index in [0.717, 1.165) is 38.5 Å². The maximum atomic E-state index is 11.1. The minimum atomic E-state index is -0.465. The number of aromatic nitrogens is 3. The smallest absolute Gasteiger partial charge is 0.368 e. The maximum absolute atomic E-state index is 11.1. The normalized spacial score (nSPS) is 21.5. The fraction of sp³-hybridized carbons (Fsp3) is 0.647. The lowest BCUT2D eigenvalue weighted by molar-refractivity contribution is -0.391. The monoisotopic (exact) mass is 360 g/mol. The van der Waals surface area contributed by atoms with Gasteiger partial charge in [0, 0.05) is 25.7 Å². The molecule has 26 heavy (non-hydrogen) atoms. The minimum Gasteiger partial charge on any atom is -0.375 e. The summed E-state index contributed by atoms with van der Waals surface area (Å²) in [5.41, 5.74) is 0.481. The summed E-state index contributed by atoms with van der Waals surface area (Å²) in [6.07, 6.45) is 6.32. The van der Waals surface area contributed by atoms with Crippen molar-refractivity contribution in [2.75, 3.05) is 44.2 Å². The van der Waals surface area contributed by atoms with Crippen LogP contribution in [0.25, 0.3) is 5.65 Å². The van der Waals surface area contributed by atoms with Gasteiger partial charge >= 0.3 is 5.82 Å². The SMILES string of the molecule is O=[N+]([O-])c1cnc2ccc(N3CCC(OCCN4CCCCC4)C3)nn12. The van der Waals surface area contributed by atoms with Crippen LogP contribution in [0.4, 0.5) is 11.6 Å². The van der Waals surface area contributed by atoms with E-state index in [0.29, 0.717) is 5.65 Å². The Balaban J connectivity index is 1.33. The van der Waals surface area contributed by atoms with E-state index in [1.54, 1.807) is 6.07 Å². The second-order valence-corrected chi connectivity index (χ2v) is 6.96. The molecule has 140 valence electrons. The number of rotatable bonds is 6. The lowest BCUT2D eigenvalue weighted by Crippen LogP contribution is -2.34. The van der Waals surface area contributed by atoms with E-state index < -0.39 is 4.92 Å². The Morgan fingerprint density at radius 2 is 2.08 bits per heavy atom. The number of nitrogens with zero attached hydrogens (tertiary/aromatic N) is 6. The van der Waals surface area contributed by atoms with E-state index in [-0.39, 0.29) is 11.9 Å². The molecule has 0 amide bonds. The molecule has 9 nitrogen and oxygen atoms in total. The predicted octanol–water partition coefficient (Wildman–Crippen LogP) is 1.72. The third-order valence-corrected chi connectivity index (χ3v) is 5.20. The predicted molar refractivity (Wildman–Crippen MR) is 96.5 cm³/mol. The Labute approximate surface area is 151 Å². The van der Waals surface area contributed by atoms with Crippen LogP contribution in [0.1, 0.15) is 25.7 Å². The van der Waals surface area contributed by atoms with Gasteiger partial charge in [-0.25, -0.2) is 4.98 Å². The molecule has 2 aromatic heterocycles. The van der Waals surface area contributed by atoms with Crippen LogP contribution in [-0.4, -0.2) is 69.9 Å². The van der Waals surface area contributed by atoms with Gasteiger partial charge in [0.1, 0.15) is 6.20 Å². The third-order valence-electron chi connectivity index (χ3n) is 5.20. The van der Waals surface area contributed by atoms with Crippen LogP contribution in [0.3, 0.4) is 0 Å². The number of piperidine rings is 1. The zero-order chi connectivity index (χ0) is 17.9. The molecule has 4 heterocycles. The summed E-state index contributed by atoms with van der Waals surface area (Å²) < 4.78 is 7.34. The van der Waals surface area contributed by atoms with Crippen LogP contribution in [0.5, 0.6) is 0 Å². The Hall–Kier alpha value is -2.26. The standard InChI is InChI=1S/C17H24N6O3/c24-23(25)17-12-18-15-4-5-16(19-22(15)17)21-9-6-14(13-21)26-11-10-20-7-2-1-3-8-20/h4-5,12,14H,1-3,6-11,13H2. The van der Waals surface area contributed by atoms with Gasteiger partial charge in [0.25, 0.3) is 0 Å². The summed E-state index contributed by atoms with van der Waals surface area (Å²) in [4.78, 5) is 19.2. The van der Waals surface area contributed by atoms with Gasteiger partial charge < -0.3 is 24.7 Å². The van der Waals surface area contributed by atoms with Crippen LogP contribution < -0.4 is 4.90 Å². The van der Waals surface area contributed by atoms with Crippen LogP contribution in [0.15, 0.2) is 18.3 Å². The van der Waals surface area contributed by atoms with Crippen molar-refractivity contribution in [3.63, 3.8) is 0 Å². The lowest BCUT2D eigenvalue weighted by atomic mass is 10.1. The second kappa shape index (κ2) is 7.55. The molecule has 0 aromatic carbocycles. The molecule has 2 aliphatic heterocycles. The molecule has 2 saturated heterocycles. The molecule has 1 unspecified atom stereocenters. The average molecular weight is 360 g/mol. The summed E-state index contributed by atoms with van der Waals surface area (Å²) in [5.74, 6) is 0.608. The molecular weight excluding hydrogens is 336 g/mol. The fourth-order valence-corrected chi connectivity index (χ4v) is 3.75. The largest absolute Gasteiger partial charge is 0.375 e. The summed E-state index contributed by atoms with van der Waals surface area (Å²) >= 11 is 0. The van der Waals surface area contributed by atoms with E-state index in [4.69, 9.17) is 4.74 Å². The van der Waals surface area contributed by atoms with E-state index in [9.17, 15) is 10.1 Å². The number of fused-ring (bicyclic) bond motifs is 1. The molecule has 9 heteroatoms. The number of hydrogen-bond acceptors (Lipinski definition) is 7. The van der Waals surface area contributed by atoms with Gasteiger partial charge in [-0.1, -0.05) is 16.0 Å². The first-order valence-electron chi connectivity index (χ1n) is 9.29. The van der Waals surface area contributed by atoms with E-state index in [2.05, 4.69) is 19.9 Å². The maximum Gasteiger partial charge on any atom is 0.368 e. The van der Waals surface area contributed by atoms with Crippen molar-refractivity contribution >= 4 is 17.3 Å². The van der Waals surface area contributed by atoms with Gasteiger partial charge in [0.2, 0.25) is 5.65 Å². The first-order valence-corrected chi connectivity index (χ1v) is 9.29. The van der Waals surface area contributed by atoms with Crippen molar-refractivity contribution < 1.29 is 9.66 Å². The molecular formula is C17H24N6O3. The van der Waals surface area contributed by atoms with Crippen molar-refractivity contribution in [3.8, 4) is 0 Å². The molecule has 0 radical (unpaired) electrons. The summed E-state index contributed by atoms with van der Waals surface area (Å²) in [5, 5.41) is 15.5. The quantitative estimate of drug-likeness (QED) is 0.572. The number of likely N-dealkylation sites (tertiary alicyclic amines) is 1. The van der Waals surface area contributed by atoms with Crippen LogP contribution >= 0.6 is 0 Å². The van der Waals surface area contributed by atoms with Crippen LogP contribution in [0, 0.1) is 10.1 Å². The van der Waals surface area contributed by atoms with Gasteiger partial charge in [-0.2, -0.15) is 0 Å². The Kier molecular flexibility index (Phi) is 4.98. The van der Waals surface area contributed by atoms with Gasteiger partial charge in [-0.3, -0.25) is 0 Å². The fourth-order valence-electron chi connectivity index (χ4n) is 3.75. The molecule has 0 spiro atoms. The van der Waals surface area contributed by atoms with Gasteiger partial charge in [0.05, 0.1) is 12.7 Å². The average Bonchev–Trinajstić information content (AvgIpc) is 3.29. The highest BCUT2D eigenvalue weighted by atomic mass is 16.6. The van der Waals surface area contributed by atoms with E-state index in [1.807, 2.05) is 6.07 Å². The molecule has 2 aromatic rings. The highest BCUT2D eigenvalue weighted by Gasteiger charge is 2.26. The van der Waals surface area contributed by atoms with Gasteiger partial charge in [-0.05, 0) is 43.3 Å². The molecule has 0 aliphatic carbocycles. The van der Waals surface area contributed by atoms with Crippen molar-refractivity contribution in [1.29, 1.82) is 0 Å². The first kappa shape index (κ1) is 17.2. The molecule has 0 N–H and O–H groups in total. The van der Waals surface area contributed by atoms with Gasteiger partial charge in [-0.15, -0.1) is 0 Å². The lowest BCUT2D eigenvalue weighted by Gasteiger charge is -2.26. The van der Waals surface area contributed by atoms with Gasteiger partial charge in [0.15, 0.2) is 5.82 Å². The molecule has 2 aliphatic rings. The topological polar surface area (TPSA) is 89.0 Å². The summed E-state index contributed by atoms with van der Waals surface area (Å²) in [6, 6.07) is 3.63. The number of ether oxygens (including phenoxy) is 1. The minimum absolute atomic E-state index is 0.115. The highest BCUT2D eigenvalue weighted by molar-refractivity contribution is 5.49. The van der Waals surface area contributed by atoms with Crippen LogP contribution in [0.2, 0.25) is 0 Å². The van der Waals surface area contributed by atoms with E-state index >= 15 is 0 Å². The van der Waals surface area contributed by atoms with Crippen molar-refractivity contribution in [2.24, 2.45) is 0 Å². The molecule has 4 rings (SSSR count). The number of imidazole rings is 1. The molecule has 0 saturated carbocycles. The second-order valence-electron chi connectivity index (χ2n) is 6.96. The van der Waals surface area contributed by atoms with Crippen molar-refractivity contribution in [1.82, 2.24) is 19.5 Å². The third kappa shape index (κ3) is 3.63. The Bertz CT molecular complexity index is 773. The first-order chi connectivity index (χ1) is 12.7. The summed E-state index contributed by atoms with van der Waals surface area (Å²) in [7, 11) is 0. The Morgan fingerprint density at radius 3 is 2.88 bits per heavy atom. The zero-order valence-electron chi connectivity index (χ0n) is 14.8. The number of anilines is 1. The summed E-state index contributed by atoms with van der Waals surface area (Å²) in [6.45, 7) is 5.75. The van der Waals surface area contributed by atoms with Crippen LogP contribution in [-0.2, 0) is 4.74 Å². The number of hydrogen-bond donors (Lipinski definition) is 0. The Morgan fingerprint density at radius 1 is 1.23 bits per heavy atom. The molecule has 0 bridgehead atoms. The van der Waals surface area contributed by atoms with E-state index in [1.165, 1.54) is 43.1 Å². The number of nitro groups is 1. The molecule has 1 atom stereocenters.